The number of aromatic nitrogens is 1. The standard InChI is InChI=1S/C20H24N2O4S/c1-5-6-7-10-22-16(14-9-8-11(2)26-14)15(18(24)20(22)25)17(23)19-12(3)21-13(4)27-19/h8-9,16,24H,5-7,10H2,1-4H3. The monoisotopic (exact) mass is 388 g/mol. The third-order valence-corrected chi connectivity index (χ3v) is 5.76. The highest BCUT2D eigenvalue weighted by atomic mass is 32.1. The first-order valence-corrected chi connectivity index (χ1v) is 9.96. The summed E-state index contributed by atoms with van der Waals surface area (Å²) in [6.45, 7) is 7.93. The molecule has 0 saturated carbocycles. The van der Waals surface area contributed by atoms with E-state index in [-0.39, 0.29) is 11.4 Å². The van der Waals surface area contributed by atoms with Gasteiger partial charge in [-0.15, -0.1) is 11.3 Å². The van der Waals surface area contributed by atoms with Gasteiger partial charge in [-0.2, -0.15) is 0 Å². The quantitative estimate of drug-likeness (QED) is 0.560. The van der Waals surface area contributed by atoms with Crippen LogP contribution in [0.4, 0.5) is 0 Å². The molecule has 0 aromatic carbocycles. The van der Waals surface area contributed by atoms with Crippen molar-refractivity contribution < 1.29 is 19.1 Å². The summed E-state index contributed by atoms with van der Waals surface area (Å²) in [7, 11) is 0. The van der Waals surface area contributed by atoms with Crippen molar-refractivity contribution in [3.05, 3.63) is 50.6 Å². The Hall–Kier alpha value is -2.41. The number of furan rings is 1. The Bertz CT molecular complexity index is 909. The van der Waals surface area contributed by atoms with E-state index in [1.807, 2.05) is 13.8 Å². The minimum Gasteiger partial charge on any atom is -0.503 e. The first kappa shape index (κ1) is 19.4. The SMILES string of the molecule is CCCCCN1C(=O)C(O)=C(C(=O)c2sc(C)nc2C)C1c1ccc(C)o1. The van der Waals surface area contributed by atoms with Gasteiger partial charge in [0.2, 0.25) is 5.78 Å². The minimum absolute atomic E-state index is 0.0811. The molecule has 1 unspecified atom stereocenters. The van der Waals surface area contributed by atoms with E-state index in [4.69, 9.17) is 4.42 Å². The zero-order chi connectivity index (χ0) is 19.7. The average Bonchev–Trinajstić information content (AvgIpc) is 3.26. The van der Waals surface area contributed by atoms with Crippen LogP contribution >= 0.6 is 11.3 Å². The number of hydrogen-bond acceptors (Lipinski definition) is 6. The van der Waals surface area contributed by atoms with Crippen molar-refractivity contribution in [1.82, 2.24) is 9.88 Å². The van der Waals surface area contributed by atoms with Gasteiger partial charge in [-0.3, -0.25) is 9.59 Å². The van der Waals surface area contributed by atoms with Crippen LogP contribution < -0.4 is 0 Å². The first-order chi connectivity index (χ1) is 12.8. The lowest BCUT2D eigenvalue weighted by atomic mass is 9.99. The van der Waals surface area contributed by atoms with Gasteiger partial charge in [-0.25, -0.2) is 4.98 Å². The molecule has 3 heterocycles. The molecule has 0 fully saturated rings. The van der Waals surface area contributed by atoms with Crippen molar-refractivity contribution in [3.8, 4) is 0 Å². The number of amides is 1. The van der Waals surface area contributed by atoms with E-state index in [0.29, 0.717) is 28.6 Å². The minimum atomic E-state index is -0.711. The highest BCUT2D eigenvalue weighted by Crippen LogP contribution is 2.40. The van der Waals surface area contributed by atoms with Crippen LogP contribution in [0.1, 0.15) is 64.1 Å². The van der Waals surface area contributed by atoms with E-state index >= 15 is 0 Å². The van der Waals surface area contributed by atoms with E-state index in [1.165, 1.54) is 11.3 Å². The van der Waals surface area contributed by atoms with Gasteiger partial charge in [0.15, 0.2) is 5.76 Å². The molecule has 1 amide bonds. The molecule has 1 aliphatic rings. The van der Waals surface area contributed by atoms with Gasteiger partial charge in [0, 0.05) is 6.54 Å². The van der Waals surface area contributed by atoms with Crippen molar-refractivity contribution in [2.75, 3.05) is 6.54 Å². The molecule has 27 heavy (non-hydrogen) atoms. The largest absolute Gasteiger partial charge is 0.503 e. The van der Waals surface area contributed by atoms with Crippen molar-refractivity contribution in [1.29, 1.82) is 0 Å². The van der Waals surface area contributed by atoms with E-state index in [9.17, 15) is 14.7 Å². The fourth-order valence-electron chi connectivity index (χ4n) is 3.41. The van der Waals surface area contributed by atoms with Gasteiger partial charge in [-0.05, 0) is 39.3 Å². The van der Waals surface area contributed by atoms with Gasteiger partial charge >= 0.3 is 0 Å². The van der Waals surface area contributed by atoms with Gasteiger partial charge in [0.25, 0.3) is 5.91 Å². The fourth-order valence-corrected chi connectivity index (χ4v) is 4.28. The lowest BCUT2D eigenvalue weighted by Crippen LogP contribution is -2.32. The van der Waals surface area contributed by atoms with Crippen LogP contribution in [0.3, 0.4) is 0 Å². The number of rotatable bonds is 7. The number of aryl methyl sites for hydroxylation is 3. The van der Waals surface area contributed by atoms with E-state index < -0.39 is 17.7 Å². The summed E-state index contributed by atoms with van der Waals surface area (Å²) in [5, 5.41) is 11.3. The van der Waals surface area contributed by atoms with Crippen LogP contribution in [-0.2, 0) is 4.79 Å². The molecule has 2 aromatic heterocycles. The Morgan fingerprint density at radius 3 is 2.59 bits per heavy atom. The number of Topliss-reactive ketones (excluding diaryl/α,β-unsaturated/α-hetero) is 1. The predicted octanol–water partition coefficient (Wildman–Crippen LogP) is 4.43. The molecule has 1 atom stereocenters. The van der Waals surface area contributed by atoms with Gasteiger partial charge in [0.1, 0.15) is 17.6 Å². The Morgan fingerprint density at radius 2 is 2.04 bits per heavy atom. The molecule has 144 valence electrons. The number of aliphatic hydroxyl groups is 1. The lowest BCUT2D eigenvalue weighted by molar-refractivity contribution is -0.129. The van der Waals surface area contributed by atoms with E-state index in [1.54, 1.807) is 24.0 Å². The van der Waals surface area contributed by atoms with Crippen molar-refractivity contribution in [2.45, 2.75) is 53.0 Å². The summed E-state index contributed by atoms with van der Waals surface area (Å²) >= 11 is 1.27. The lowest BCUT2D eigenvalue weighted by Gasteiger charge is -2.24. The Balaban J connectivity index is 2.04. The Labute approximate surface area is 162 Å². The third kappa shape index (κ3) is 3.56. The number of carbonyl (C=O) groups is 2. The number of aliphatic hydroxyl groups excluding tert-OH is 1. The molecule has 0 radical (unpaired) electrons. The molecular formula is C20H24N2O4S. The zero-order valence-corrected chi connectivity index (χ0v) is 16.9. The van der Waals surface area contributed by atoms with Crippen molar-refractivity contribution >= 4 is 23.0 Å². The van der Waals surface area contributed by atoms with Crippen molar-refractivity contribution in [3.63, 3.8) is 0 Å². The van der Waals surface area contributed by atoms with E-state index in [2.05, 4.69) is 11.9 Å². The predicted molar refractivity (Wildman–Crippen MR) is 103 cm³/mol. The topological polar surface area (TPSA) is 83.6 Å². The Kier molecular flexibility index (Phi) is 5.51. The van der Waals surface area contributed by atoms with Gasteiger partial charge in [-0.1, -0.05) is 19.8 Å². The van der Waals surface area contributed by atoms with Gasteiger partial charge in [0.05, 0.1) is 21.2 Å². The average molecular weight is 388 g/mol. The summed E-state index contributed by atoms with van der Waals surface area (Å²) in [4.78, 5) is 32.3. The highest BCUT2D eigenvalue weighted by Gasteiger charge is 2.45. The van der Waals surface area contributed by atoms with Crippen LogP contribution in [-0.4, -0.2) is 33.2 Å². The molecule has 0 aliphatic carbocycles. The molecule has 2 aromatic rings. The van der Waals surface area contributed by atoms with Crippen LogP contribution in [0.5, 0.6) is 0 Å². The molecule has 1 N–H and O–H groups in total. The second-order valence-electron chi connectivity index (χ2n) is 6.80. The molecule has 6 nitrogen and oxygen atoms in total. The summed E-state index contributed by atoms with van der Waals surface area (Å²) in [5.41, 5.74) is 0.687. The first-order valence-electron chi connectivity index (χ1n) is 9.14. The Morgan fingerprint density at radius 1 is 1.30 bits per heavy atom. The van der Waals surface area contributed by atoms with Crippen LogP contribution in [0.2, 0.25) is 0 Å². The number of unbranched alkanes of at least 4 members (excludes halogenated alkanes) is 2. The smallest absolute Gasteiger partial charge is 0.290 e. The molecule has 0 spiro atoms. The number of carbonyl (C=O) groups excluding carboxylic acids is 2. The number of ketones is 1. The second-order valence-corrected chi connectivity index (χ2v) is 8.00. The summed E-state index contributed by atoms with van der Waals surface area (Å²) in [6.07, 6.45) is 2.77. The maximum Gasteiger partial charge on any atom is 0.290 e. The number of thiazole rings is 1. The number of nitrogens with zero attached hydrogens (tertiary/aromatic N) is 2. The van der Waals surface area contributed by atoms with Crippen LogP contribution in [0, 0.1) is 20.8 Å². The molecule has 7 heteroatoms. The molecular weight excluding hydrogens is 364 g/mol. The fraction of sp³-hybridized carbons (Fsp3) is 0.450. The maximum atomic E-state index is 13.2. The summed E-state index contributed by atoms with van der Waals surface area (Å²) in [6, 6.07) is 2.85. The van der Waals surface area contributed by atoms with Crippen LogP contribution in [0.25, 0.3) is 0 Å². The normalized spacial score (nSPS) is 17.3. The number of hydrogen-bond donors (Lipinski definition) is 1. The highest BCUT2D eigenvalue weighted by molar-refractivity contribution is 7.14. The zero-order valence-electron chi connectivity index (χ0n) is 16.0. The van der Waals surface area contributed by atoms with Crippen molar-refractivity contribution in [2.24, 2.45) is 0 Å². The van der Waals surface area contributed by atoms with Gasteiger partial charge < -0.3 is 14.4 Å². The summed E-state index contributed by atoms with van der Waals surface area (Å²) in [5.74, 6) is -0.188. The molecule has 0 bridgehead atoms. The molecule has 3 rings (SSSR count). The maximum absolute atomic E-state index is 13.2. The summed E-state index contributed by atoms with van der Waals surface area (Å²) < 4.78 is 5.75. The van der Waals surface area contributed by atoms with E-state index in [0.717, 1.165) is 24.3 Å². The van der Waals surface area contributed by atoms with Crippen LogP contribution in [0.15, 0.2) is 27.9 Å². The third-order valence-electron chi connectivity index (χ3n) is 4.69. The molecule has 1 aliphatic heterocycles. The molecule has 0 saturated heterocycles. The second kappa shape index (κ2) is 7.68.